The molecule has 0 aromatic rings. The van der Waals surface area contributed by atoms with Gasteiger partial charge in [0.2, 0.25) is 0 Å². The van der Waals surface area contributed by atoms with Crippen molar-refractivity contribution in [1.82, 2.24) is 10.2 Å². The molecule has 1 saturated heterocycles. The minimum absolute atomic E-state index is 0.860. The summed E-state index contributed by atoms with van der Waals surface area (Å²) in [6.07, 6.45) is 4.10. The van der Waals surface area contributed by atoms with Gasteiger partial charge in [-0.05, 0) is 51.4 Å². The van der Waals surface area contributed by atoms with Crippen molar-refractivity contribution in [3.63, 3.8) is 0 Å². The Morgan fingerprint density at radius 2 is 2.27 bits per heavy atom. The lowest BCUT2D eigenvalue weighted by atomic mass is 10.0. The molecule has 15 heavy (non-hydrogen) atoms. The summed E-state index contributed by atoms with van der Waals surface area (Å²) in [5.74, 6) is 0.936. The van der Waals surface area contributed by atoms with Crippen LogP contribution >= 0.6 is 0 Å². The monoisotopic (exact) mass is 214 g/mol. The molecule has 1 aliphatic rings. The van der Waals surface area contributed by atoms with Gasteiger partial charge >= 0.3 is 0 Å². The largest absolute Gasteiger partial charge is 0.383 e. The van der Waals surface area contributed by atoms with Gasteiger partial charge in [0.1, 0.15) is 0 Å². The van der Waals surface area contributed by atoms with Crippen molar-refractivity contribution >= 4 is 0 Å². The molecule has 3 heteroatoms. The molecule has 0 aromatic carbocycles. The summed E-state index contributed by atoms with van der Waals surface area (Å²) in [6.45, 7) is 9.01. The third-order valence-corrected chi connectivity index (χ3v) is 3.31. The average molecular weight is 214 g/mol. The Kier molecular flexibility index (Phi) is 6.98. The summed E-state index contributed by atoms with van der Waals surface area (Å²) in [5.41, 5.74) is 0. The van der Waals surface area contributed by atoms with Crippen LogP contribution in [-0.2, 0) is 4.74 Å². The van der Waals surface area contributed by atoms with Crippen LogP contribution in [0.3, 0.4) is 0 Å². The van der Waals surface area contributed by atoms with Crippen LogP contribution < -0.4 is 5.32 Å². The summed E-state index contributed by atoms with van der Waals surface area (Å²) >= 11 is 0. The van der Waals surface area contributed by atoms with Gasteiger partial charge in [0.05, 0.1) is 6.61 Å². The second-order valence-electron chi connectivity index (χ2n) is 4.43. The topological polar surface area (TPSA) is 24.5 Å². The van der Waals surface area contributed by atoms with Gasteiger partial charge in [-0.15, -0.1) is 0 Å². The van der Waals surface area contributed by atoms with Gasteiger partial charge < -0.3 is 15.0 Å². The fourth-order valence-corrected chi connectivity index (χ4v) is 2.21. The SMILES string of the molecule is CCN(CCCC1CCNC1)CCOC. The molecule has 0 spiro atoms. The zero-order valence-electron chi connectivity index (χ0n) is 10.3. The van der Waals surface area contributed by atoms with E-state index in [1.807, 2.05) is 0 Å². The van der Waals surface area contributed by atoms with Gasteiger partial charge in [-0.2, -0.15) is 0 Å². The molecular formula is C12H26N2O. The summed E-state index contributed by atoms with van der Waals surface area (Å²) in [6, 6.07) is 0. The predicted octanol–water partition coefficient (Wildman–Crippen LogP) is 1.34. The zero-order chi connectivity index (χ0) is 10.9. The highest BCUT2D eigenvalue weighted by molar-refractivity contribution is 4.71. The Balaban J connectivity index is 2.00. The van der Waals surface area contributed by atoms with Gasteiger partial charge in [-0.25, -0.2) is 0 Å². The molecule has 90 valence electrons. The lowest BCUT2D eigenvalue weighted by Gasteiger charge is -2.20. The second-order valence-corrected chi connectivity index (χ2v) is 4.43. The lowest BCUT2D eigenvalue weighted by molar-refractivity contribution is 0.149. The Bertz CT molecular complexity index is 147. The quantitative estimate of drug-likeness (QED) is 0.660. The number of hydrogen-bond donors (Lipinski definition) is 1. The summed E-state index contributed by atoms with van der Waals surface area (Å²) in [7, 11) is 1.78. The van der Waals surface area contributed by atoms with Crippen molar-refractivity contribution in [3.05, 3.63) is 0 Å². The Morgan fingerprint density at radius 1 is 1.40 bits per heavy atom. The van der Waals surface area contributed by atoms with Crippen LogP contribution in [0.25, 0.3) is 0 Å². The molecule has 1 unspecified atom stereocenters. The van der Waals surface area contributed by atoms with Crippen molar-refractivity contribution in [1.29, 1.82) is 0 Å². The first kappa shape index (κ1) is 12.9. The summed E-state index contributed by atoms with van der Waals surface area (Å²) in [5, 5.41) is 3.43. The number of ether oxygens (including phenoxy) is 1. The molecule has 1 heterocycles. The maximum atomic E-state index is 5.10. The van der Waals surface area contributed by atoms with E-state index in [2.05, 4.69) is 17.1 Å². The fraction of sp³-hybridized carbons (Fsp3) is 1.00. The van der Waals surface area contributed by atoms with Gasteiger partial charge in [0, 0.05) is 13.7 Å². The Labute approximate surface area is 94.2 Å². The number of nitrogens with one attached hydrogen (secondary N) is 1. The number of methoxy groups -OCH3 is 1. The van der Waals surface area contributed by atoms with E-state index in [1.165, 1.54) is 38.9 Å². The van der Waals surface area contributed by atoms with Gasteiger partial charge in [-0.3, -0.25) is 0 Å². The number of hydrogen-bond acceptors (Lipinski definition) is 3. The third kappa shape index (κ3) is 5.50. The van der Waals surface area contributed by atoms with Crippen LogP contribution in [0.4, 0.5) is 0 Å². The van der Waals surface area contributed by atoms with Gasteiger partial charge in [-0.1, -0.05) is 6.92 Å². The molecular weight excluding hydrogens is 188 g/mol. The van der Waals surface area contributed by atoms with E-state index >= 15 is 0 Å². The van der Waals surface area contributed by atoms with E-state index in [4.69, 9.17) is 4.74 Å². The lowest BCUT2D eigenvalue weighted by Crippen LogP contribution is -2.28. The molecule has 1 fully saturated rings. The van der Waals surface area contributed by atoms with Gasteiger partial charge in [0.25, 0.3) is 0 Å². The van der Waals surface area contributed by atoms with E-state index in [0.717, 1.165) is 25.6 Å². The van der Waals surface area contributed by atoms with E-state index in [1.54, 1.807) is 7.11 Å². The van der Waals surface area contributed by atoms with E-state index < -0.39 is 0 Å². The minimum Gasteiger partial charge on any atom is -0.383 e. The molecule has 0 aliphatic carbocycles. The smallest absolute Gasteiger partial charge is 0.0589 e. The molecule has 1 atom stereocenters. The Morgan fingerprint density at radius 3 is 2.87 bits per heavy atom. The maximum absolute atomic E-state index is 5.10. The van der Waals surface area contributed by atoms with Gasteiger partial charge in [0.15, 0.2) is 0 Å². The van der Waals surface area contributed by atoms with Crippen LogP contribution in [0.5, 0.6) is 0 Å². The first-order chi connectivity index (χ1) is 7.36. The first-order valence-electron chi connectivity index (χ1n) is 6.28. The molecule has 0 amide bonds. The average Bonchev–Trinajstić information content (AvgIpc) is 2.76. The number of nitrogens with zero attached hydrogens (tertiary/aromatic N) is 1. The van der Waals surface area contributed by atoms with E-state index in [9.17, 15) is 0 Å². The maximum Gasteiger partial charge on any atom is 0.0589 e. The molecule has 3 nitrogen and oxygen atoms in total. The van der Waals surface area contributed by atoms with Crippen molar-refractivity contribution < 1.29 is 4.74 Å². The Hall–Kier alpha value is -0.120. The molecule has 0 radical (unpaired) electrons. The zero-order valence-corrected chi connectivity index (χ0v) is 10.3. The fourth-order valence-electron chi connectivity index (χ4n) is 2.21. The highest BCUT2D eigenvalue weighted by Gasteiger charge is 2.13. The third-order valence-electron chi connectivity index (χ3n) is 3.31. The van der Waals surface area contributed by atoms with Crippen molar-refractivity contribution in [3.8, 4) is 0 Å². The first-order valence-corrected chi connectivity index (χ1v) is 6.28. The van der Waals surface area contributed by atoms with E-state index in [0.29, 0.717) is 0 Å². The minimum atomic E-state index is 0.860. The van der Waals surface area contributed by atoms with Crippen molar-refractivity contribution in [2.75, 3.05) is 46.4 Å². The van der Waals surface area contributed by atoms with Crippen molar-refractivity contribution in [2.24, 2.45) is 5.92 Å². The van der Waals surface area contributed by atoms with E-state index in [-0.39, 0.29) is 0 Å². The summed E-state index contributed by atoms with van der Waals surface area (Å²) < 4.78 is 5.10. The summed E-state index contributed by atoms with van der Waals surface area (Å²) in [4.78, 5) is 2.48. The standard InChI is InChI=1S/C12H26N2O/c1-3-14(9-10-15-2)8-4-5-12-6-7-13-11-12/h12-13H,3-11H2,1-2H3. The number of rotatable bonds is 8. The van der Waals surface area contributed by atoms with Crippen LogP contribution in [0.15, 0.2) is 0 Å². The highest BCUT2D eigenvalue weighted by Crippen LogP contribution is 2.14. The normalized spacial score (nSPS) is 21.4. The molecule has 0 aromatic heterocycles. The molecule has 1 aliphatic heterocycles. The van der Waals surface area contributed by atoms with Crippen LogP contribution in [0.1, 0.15) is 26.2 Å². The van der Waals surface area contributed by atoms with Crippen LogP contribution in [0.2, 0.25) is 0 Å². The van der Waals surface area contributed by atoms with Crippen LogP contribution in [0, 0.1) is 5.92 Å². The number of likely N-dealkylation sites (N-methyl/N-ethyl adjacent to an activating group) is 1. The highest BCUT2D eigenvalue weighted by atomic mass is 16.5. The molecule has 1 rings (SSSR count). The molecule has 1 N–H and O–H groups in total. The molecule has 0 saturated carbocycles. The second kappa shape index (κ2) is 8.08. The molecule has 0 bridgehead atoms. The van der Waals surface area contributed by atoms with Crippen LogP contribution in [-0.4, -0.2) is 51.3 Å². The predicted molar refractivity (Wildman–Crippen MR) is 64.2 cm³/mol. The van der Waals surface area contributed by atoms with Crippen molar-refractivity contribution in [2.45, 2.75) is 26.2 Å².